The first-order valence-electron chi connectivity index (χ1n) is 4.97. The summed E-state index contributed by atoms with van der Waals surface area (Å²) in [4.78, 5) is 3.66. The van der Waals surface area contributed by atoms with Crippen LogP contribution in [0.3, 0.4) is 0 Å². The lowest BCUT2D eigenvalue weighted by Gasteiger charge is -2.09. The third-order valence-electron chi connectivity index (χ3n) is 2.19. The van der Waals surface area contributed by atoms with Crippen molar-refractivity contribution in [1.82, 2.24) is 4.98 Å². The molecule has 0 saturated heterocycles. The highest BCUT2D eigenvalue weighted by Gasteiger charge is 2.17. The van der Waals surface area contributed by atoms with Crippen molar-refractivity contribution >= 4 is 43.2 Å². The van der Waals surface area contributed by atoms with Crippen molar-refractivity contribution in [2.45, 2.75) is 4.90 Å². The molecule has 4 nitrogen and oxygen atoms in total. The Bertz CT molecular complexity index is 724. The molecule has 0 atom stereocenters. The molecule has 1 aromatic heterocycles. The summed E-state index contributed by atoms with van der Waals surface area (Å²) in [5.41, 5.74) is -0.215. The van der Waals surface area contributed by atoms with Crippen LogP contribution in [0, 0.1) is 5.82 Å². The fourth-order valence-electron chi connectivity index (χ4n) is 1.33. The highest BCUT2D eigenvalue weighted by atomic mass is 79.9. The number of rotatable bonds is 3. The molecular weight excluding hydrogens is 359 g/mol. The largest absolute Gasteiger partial charge is 0.277 e. The summed E-state index contributed by atoms with van der Waals surface area (Å²) in [6.45, 7) is 0. The van der Waals surface area contributed by atoms with E-state index in [0.29, 0.717) is 4.47 Å². The Labute approximate surface area is 122 Å². The van der Waals surface area contributed by atoms with Gasteiger partial charge in [-0.3, -0.25) is 9.71 Å². The molecule has 1 aromatic carbocycles. The number of halogens is 3. The molecule has 0 aliphatic heterocycles. The molecule has 0 saturated carbocycles. The topological polar surface area (TPSA) is 59.1 Å². The lowest BCUT2D eigenvalue weighted by molar-refractivity contribution is 0.598. The van der Waals surface area contributed by atoms with E-state index in [0.717, 1.165) is 6.20 Å². The van der Waals surface area contributed by atoms with E-state index in [4.69, 9.17) is 11.6 Å². The van der Waals surface area contributed by atoms with Crippen LogP contribution >= 0.6 is 27.5 Å². The lowest BCUT2D eigenvalue weighted by Crippen LogP contribution is -2.14. The number of nitrogens with zero attached hydrogens (tertiary/aromatic N) is 1. The maximum absolute atomic E-state index is 13.6. The Morgan fingerprint density at radius 3 is 2.74 bits per heavy atom. The number of nitrogens with one attached hydrogen (secondary N) is 1. The van der Waals surface area contributed by atoms with E-state index < -0.39 is 15.8 Å². The molecule has 0 unspecified atom stereocenters. The predicted molar refractivity (Wildman–Crippen MR) is 74.2 cm³/mol. The Morgan fingerprint density at radius 2 is 2.05 bits per heavy atom. The number of aromatic nitrogens is 1. The number of sulfonamides is 1. The summed E-state index contributed by atoms with van der Waals surface area (Å²) in [5, 5.41) is -0.160. The van der Waals surface area contributed by atoms with Gasteiger partial charge in [0.15, 0.2) is 5.82 Å². The minimum absolute atomic E-state index is 0.0822. The standard InChI is InChI=1S/C11H7BrClFN2O2S/c12-7-4-8(6-15-5-7)19(17,18)16-10-3-1-2-9(13)11(10)14/h1-6,16H. The van der Waals surface area contributed by atoms with E-state index in [1.807, 2.05) is 0 Å². The first-order chi connectivity index (χ1) is 8.90. The number of hydrogen-bond donors (Lipinski definition) is 1. The molecule has 2 aromatic rings. The van der Waals surface area contributed by atoms with Crippen LogP contribution in [0.1, 0.15) is 0 Å². The Balaban J connectivity index is 2.39. The van der Waals surface area contributed by atoms with Crippen LogP contribution in [-0.4, -0.2) is 13.4 Å². The van der Waals surface area contributed by atoms with Crippen LogP contribution in [0.2, 0.25) is 5.02 Å². The van der Waals surface area contributed by atoms with Gasteiger partial charge in [0.1, 0.15) is 4.90 Å². The summed E-state index contributed by atoms with van der Waals surface area (Å²) in [6, 6.07) is 5.42. The average molecular weight is 366 g/mol. The number of anilines is 1. The van der Waals surface area contributed by atoms with Crippen LogP contribution in [0.15, 0.2) is 46.0 Å². The summed E-state index contributed by atoms with van der Waals surface area (Å²) in [5.74, 6) is -0.823. The number of benzene rings is 1. The van der Waals surface area contributed by atoms with E-state index in [-0.39, 0.29) is 15.6 Å². The highest BCUT2D eigenvalue weighted by molar-refractivity contribution is 9.10. The van der Waals surface area contributed by atoms with Gasteiger partial charge in [-0.25, -0.2) is 12.8 Å². The SMILES string of the molecule is O=S(=O)(Nc1cccc(Cl)c1F)c1cncc(Br)c1. The molecule has 0 amide bonds. The molecule has 0 radical (unpaired) electrons. The van der Waals surface area contributed by atoms with Crippen molar-refractivity contribution < 1.29 is 12.8 Å². The second-order valence-corrected chi connectivity index (χ2v) is 6.55. The molecule has 2 rings (SSSR count). The van der Waals surface area contributed by atoms with Crippen molar-refractivity contribution in [2.24, 2.45) is 0 Å². The van der Waals surface area contributed by atoms with Gasteiger partial charge in [-0.1, -0.05) is 17.7 Å². The summed E-state index contributed by atoms with van der Waals surface area (Å²) in [7, 11) is -3.92. The highest BCUT2D eigenvalue weighted by Crippen LogP contribution is 2.25. The van der Waals surface area contributed by atoms with Gasteiger partial charge in [0, 0.05) is 16.9 Å². The predicted octanol–water partition coefficient (Wildman–Crippen LogP) is 3.44. The zero-order chi connectivity index (χ0) is 14.0. The van der Waals surface area contributed by atoms with E-state index in [1.54, 1.807) is 0 Å². The van der Waals surface area contributed by atoms with Gasteiger partial charge in [0.25, 0.3) is 10.0 Å². The van der Waals surface area contributed by atoms with Crippen molar-refractivity contribution in [3.63, 3.8) is 0 Å². The van der Waals surface area contributed by atoms with E-state index in [2.05, 4.69) is 25.6 Å². The summed E-state index contributed by atoms with van der Waals surface area (Å²) in [6.07, 6.45) is 2.61. The Kier molecular flexibility index (Phi) is 4.07. The zero-order valence-corrected chi connectivity index (χ0v) is 12.4. The van der Waals surface area contributed by atoms with Crippen LogP contribution in [-0.2, 0) is 10.0 Å². The maximum Gasteiger partial charge on any atom is 0.263 e. The van der Waals surface area contributed by atoms with Crippen molar-refractivity contribution in [1.29, 1.82) is 0 Å². The van der Waals surface area contributed by atoms with Crippen LogP contribution in [0.5, 0.6) is 0 Å². The van der Waals surface area contributed by atoms with E-state index in [9.17, 15) is 12.8 Å². The quantitative estimate of drug-likeness (QED) is 0.906. The van der Waals surface area contributed by atoms with Crippen molar-refractivity contribution in [2.75, 3.05) is 4.72 Å². The molecule has 0 aliphatic carbocycles. The number of hydrogen-bond acceptors (Lipinski definition) is 3. The first kappa shape index (κ1) is 14.2. The number of pyridine rings is 1. The van der Waals surface area contributed by atoms with E-state index >= 15 is 0 Å². The second kappa shape index (κ2) is 5.44. The van der Waals surface area contributed by atoms with Gasteiger partial charge in [0.05, 0.1) is 10.7 Å². The molecule has 1 N–H and O–H groups in total. The normalized spacial score (nSPS) is 11.3. The minimum Gasteiger partial charge on any atom is -0.277 e. The monoisotopic (exact) mass is 364 g/mol. The fourth-order valence-corrected chi connectivity index (χ4v) is 3.06. The van der Waals surface area contributed by atoms with Gasteiger partial charge in [-0.15, -0.1) is 0 Å². The molecule has 8 heteroatoms. The van der Waals surface area contributed by atoms with Gasteiger partial charge in [-0.05, 0) is 34.1 Å². The van der Waals surface area contributed by atoms with E-state index in [1.165, 1.54) is 30.5 Å². The fraction of sp³-hybridized carbons (Fsp3) is 0. The summed E-state index contributed by atoms with van der Waals surface area (Å²) < 4.78 is 40.3. The Hall–Kier alpha value is -1.18. The van der Waals surface area contributed by atoms with Crippen molar-refractivity contribution in [3.05, 3.63) is 52.0 Å². The molecule has 1 heterocycles. The molecule has 0 bridgehead atoms. The smallest absolute Gasteiger partial charge is 0.263 e. The van der Waals surface area contributed by atoms with Crippen LogP contribution in [0.4, 0.5) is 10.1 Å². The molecule has 0 spiro atoms. The maximum atomic E-state index is 13.6. The molecule has 100 valence electrons. The van der Waals surface area contributed by atoms with Gasteiger partial charge < -0.3 is 0 Å². The summed E-state index contributed by atoms with van der Waals surface area (Å²) >= 11 is 8.70. The minimum atomic E-state index is -3.92. The molecule has 19 heavy (non-hydrogen) atoms. The second-order valence-electron chi connectivity index (χ2n) is 3.55. The molecule has 0 aliphatic rings. The third-order valence-corrected chi connectivity index (χ3v) is 4.24. The Morgan fingerprint density at radius 1 is 1.32 bits per heavy atom. The molecular formula is C11H7BrClFN2O2S. The van der Waals surface area contributed by atoms with Crippen LogP contribution in [0.25, 0.3) is 0 Å². The first-order valence-corrected chi connectivity index (χ1v) is 7.63. The van der Waals surface area contributed by atoms with Gasteiger partial charge in [0.2, 0.25) is 0 Å². The third kappa shape index (κ3) is 3.23. The lowest BCUT2D eigenvalue weighted by atomic mass is 10.3. The zero-order valence-electron chi connectivity index (χ0n) is 9.27. The van der Waals surface area contributed by atoms with Crippen LogP contribution < -0.4 is 4.72 Å². The molecule has 0 fully saturated rings. The van der Waals surface area contributed by atoms with Crippen molar-refractivity contribution in [3.8, 4) is 0 Å². The van der Waals surface area contributed by atoms with Gasteiger partial charge >= 0.3 is 0 Å². The average Bonchev–Trinajstić information content (AvgIpc) is 2.35. The van der Waals surface area contributed by atoms with Gasteiger partial charge in [-0.2, -0.15) is 0 Å².